The van der Waals surface area contributed by atoms with Gasteiger partial charge in [-0.1, -0.05) is 32.0 Å². The zero-order chi connectivity index (χ0) is 13.3. The number of aliphatic hydroxyl groups is 1. The highest BCUT2D eigenvalue weighted by Gasteiger charge is 2.47. The fourth-order valence-electron chi connectivity index (χ4n) is 2.60. The highest BCUT2D eigenvalue weighted by atomic mass is 16.5. The first-order chi connectivity index (χ1) is 8.46. The van der Waals surface area contributed by atoms with Gasteiger partial charge >= 0.3 is 0 Å². The summed E-state index contributed by atoms with van der Waals surface area (Å²) in [6.45, 7) is 6.35. The van der Waals surface area contributed by atoms with Crippen molar-refractivity contribution in [2.45, 2.75) is 45.4 Å². The molecule has 1 aromatic carbocycles. The first-order valence-electron chi connectivity index (χ1n) is 6.54. The first kappa shape index (κ1) is 13.4. The van der Waals surface area contributed by atoms with Crippen molar-refractivity contribution in [2.75, 3.05) is 7.11 Å². The van der Waals surface area contributed by atoms with Crippen molar-refractivity contribution in [3.8, 4) is 5.75 Å². The normalized spacial score (nSPS) is 27.4. The van der Waals surface area contributed by atoms with E-state index in [4.69, 9.17) is 4.74 Å². The quantitative estimate of drug-likeness (QED) is 0.861. The maximum Gasteiger partial charge on any atom is 0.123 e. The van der Waals surface area contributed by atoms with Gasteiger partial charge in [-0.25, -0.2) is 0 Å². The summed E-state index contributed by atoms with van der Waals surface area (Å²) < 4.78 is 5.38. The number of nitrogens with one attached hydrogen (secondary N) is 1. The van der Waals surface area contributed by atoms with Crippen LogP contribution >= 0.6 is 0 Å². The largest absolute Gasteiger partial charge is 0.496 e. The van der Waals surface area contributed by atoms with Crippen LogP contribution in [0.2, 0.25) is 0 Å². The smallest absolute Gasteiger partial charge is 0.123 e. The van der Waals surface area contributed by atoms with Gasteiger partial charge in [-0.3, -0.25) is 0 Å². The SMILES string of the molecule is COc1ccccc1[C@H](C)NC1CC(O)C1(C)C. The van der Waals surface area contributed by atoms with E-state index in [1.165, 1.54) is 0 Å². The molecular weight excluding hydrogens is 226 g/mol. The van der Waals surface area contributed by atoms with Crippen LogP contribution in [0.3, 0.4) is 0 Å². The topological polar surface area (TPSA) is 41.5 Å². The minimum absolute atomic E-state index is 0.0454. The van der Waals surface area contributed by atoms with Crippen LogP contribution in [0.4, 0.5) is 0 Å². The Labute approximate surface area is 109 Å². The molecule has 0 radical (unpaired) electrons. The van der Waals surface area contributed by atoms with E-state index in [2.05, 4.69) is 32.2 Å². The van der Waals surface area contributed by atoms with E-state index in [0.717, 1.165) is 17.7 Å². The third kappa shape index (κ3) is 2.25. The highest BCUT2D eigenvalue weighted by molar-refractivity contribution is 5.35. The van der Waals surface area contributed by atoms with Crippen molar-refractivity contribution in [2.24, 2.45) is 5.41 Å². The number of aliphatic hydroxyl groups excluding tert-OH is 1. The molecular formula is C15H23NO2. The number of para-hydroxylation sites is 1. The van der Waals surface area contributed by atoms with Crippen LogP contribution < -0.4 is 10.1 Å². The average molecular weight is 249 g/mol. The van der Waals surface area contributed by atoms with Crippen molar-refractivity contribution < 1.29 is 9.84 Å². The van der Waals surface area contributed by atoms with Gasteiger partial charge in [0.05, 0.1) is 13.2 Å². The molecule has 2 unspecified atom stereocenters. The van der Waals surface area contributed by atoms with Crippen LogP contribution in [0, 0.1) is 5.41 Å². The molecule has 3 atom stereocenters. The molecule has 3 nitrogen and oxygen atoms in total. The van der Waals surface area contributed by atoms with E-state index in [0.29, 0.717) is 6.04 Å². The lowest BCUT2D eigenvalue weighted by molar-refractivity contribution is -0.0755. The molecule has 0 spiro atoms. The van der Waals surface area contributed by atoms with Crippen molar-refractivity contribution in [3.63, 3.8) is 0 Å². The monoisotopic (exact) mass is 249 g/mol. The molecule has 2 rings (SSSR count). The first-order valence-corrected chi connectivity index (χ1v) is 6.54. The van der Waals surface area contributed by atoms with Gasteiger partial charge < -0.3 is 15.2 Å². The molecule has 0 aliphatic heterocycles. The van der Waals surface area contributed by atoms with E-state index in [-0.39, 0.29) is 17.6 Å². The second-order valence-electron chi connectivity index (χ2n) is 5.76. The number of hydrogen-bond donors (Lipinski definition) is 2. The molecule has 1 aliphatic carbocycles. The molecule has 3 heteroatoms. The average Bonchev–Trinajstić information content (AvgIpc) is 2.38. The molecule has 0 bridgehead atoms. The highest BCUT2D eigenvalue weighted by Crippen LogP contribution is 2.41. The van der Waals surface area contributed by atoms with E-state index >= 15 is 0 Å². The number of methoxy groups -OCH3 is 1. The van der Waals surface area contributed by atoms with Gasteiger partial charge in [0, 0.05) is 23.1 Å². The molecule has 0 saturated heterocycles. The van der Waals surface area contributed by atoms with Gasteiger partial charge in [-0.15, -0.1) is 0 Å². The third-order valence-corrected chi connectivity index (χ3v) is 4.27. The summed E-state index contributed by atoms with van der Waals surface area (Å²) in [6.07, 6.45) is 0.631. The van der Waals surface area contributed by atoms with Gasteiger partial charge in [-0.2, -0.15) is 0 Å². The minimum Gasteiger partial charge on any atom is -0.496 e. The van der Waals surface area contributed by atoms with Crippen LogP contribution in [0.25, 0.3) is 0 Å². The predicted molar refractivity (Wildman–Crippen MR) is 72.7 cm³/mol. The molecule has 0 amide bonds. The van der Waals surface area contributed by atoms with Crippen molar-refractivity contribution in [3.05, 3.63) is 29.8 Å². The zero-order valence-corrected chi connectivity index (χ0v) is 11.6. The van der Waals surface area contributed by atoms with Crippen molar-refractivity contribution in [1.82, 2.24) is 5.32 Å². The molecule has 1 fully saturated rings. The lowest BCUT2D eigenvalue weighted by Crippen LogP contribution is -2.60. The van der Waals surface area contributed by atoms with Crippen molar-refractivity contribution in [1.29, 1.82) is 0 Å². The summed E-state index contributed by atoms with van der Waals surface area (Å²) in [4.78, 5) is 0. The van der Waals surface area contributed by atoms with Gasteiger partial charge in [0.15, 0.2) is 0 Å². The van der Waals surface area contributed by atoms with Gasteiger partial charge in [0.25, 0.3) is 0 Å². The second-order valence-corrected chi connectivity index (χ2v) is 5.76. The fourth-order valence-corrected chi connectivity index (χ4v) is 2.60. The Kier molecular flexibility index (Phi) is 3.64. The summed E-state index contributed by atoms with van der Waals surface area (Å²) in [5.41, 5.74) is 1.12. The molecule has 1 saturated carbocycles. The summed E-state index contributed by atoms with van der Waals surface area (Å²) >= 11 is 0. The number of rotatable bonds is 4. The van der Waals surface area contributed by atoms with E-state index in [9.17, 15) is 5.11 Å². The predicted octanol–water partition coefficient (Wildman–Crippen LogP) is 2.51. The lowest BCUT2D eigenvalue weighted by Gasteiger charge is -2.50. The number of ether oxygens (including phenoxy) is 1. The maximum absolute atomic E-state index is 9.77. The molecule has 0 aromatic heterocycles. The summed E-state index contributed by atoms with van der Waals surface area (Å²) in [6, 6.07) is 8.64. The van der Waals surface area contributed by atoms with Crippen LogP contribution in [-0.4, -0.2) is 24.4 Å². The molecule has 1 aliphatic rings. The summed E-state index contributed by atoms with van der Waals surface area (Å²) in [5, 5.41) is 13.4. The molecule has 100 valence electrons. The van der Waals surface area contributed by atoms with Gasteiger partial charge in [0.1, 0.15) is 5.75 Å². The van der Waals surface area contributed by atoms with Crippen LogP contribution in [-0.2, 0) is 0 Å². The maximum atomic E-state index is 9.77. The Morgan fingerprint density at radius 3 is 2.61 bits per heavy atom. The summed E-state index contributed by atoms with van der Waals surface area (Å²) in [7, 11) is 1.70. The fraction of sp³-hybridized carbons (Fsp3) is 0.600. The van der Waals surface area contributed by atoms with Crippen molar-refractivity contribution >= 4 is 0 Å². The Bertz CT molecular complexity index is 417. The second kappa shape index (κ2) is 4.90. The molecule has 1 aromatic rings. The molecule has 2 N–H and O–H groups in total. The number of hydrogen-bond acceptors (Lipinski definition) is 3. The molecule has 0 heterocycles. The van der Waals surface area contributed by atoms with Crippen LogP contribution in [0.1, 0.15) is 38.8 Å². The van der Waals surface area contributed by atoms with Crippen LogP contribution in [0.15, 0.2) is 24.3 Å². The standard InChI is InChI=1S/C15H23NO2/c1-10(11-7-5-6-8-12(11)18-4)16-13-9-14(17)15(13,2)3/h5-8,10,13-14,16-17H,9H2,1-4H3/t10-,13?,14?/m0/s1. The minimum atomic E-state index is -0.195. The van der Waals surface area contributed by atoms with E-state index in [1.807, 2.05) is 18.2 Å². The Hall–Kier alpha value is -1.06. The Balaban J connectivity index is 2.07. The van der Waals surface area contributed by atoms with Crippen LogP contribution in [0.5, 0.6) is 5.75 Å². The lowest BCUT2D eigenvalue weighted by atomic mass is 9.64. The van der Waals surface area contributed by atoms with Gasteiger partial charge in [0.2, 0.25) is 0 Å². The molecule has 18 heavy (non-hydrogen) atoms. The third-order valence-electron chi connectivity index (χ3n) is 4.27. The Morgan fingerprint density at radius 1 is 1.39 bits per heavy atom. The zero-order valence-electron chi connectivity index (χ0n) is 11.6. The number of benzene rings is 1. The van der Waals surface area contributed by atoms with Gasteiger partial charge in [-0.05, 0) is 19.4 Å². The Morgan fingerprint density at radius 2 is 2.06 bits per heavy atom. The van der Waals surface area contributed by atoms with E-state index in [1.54, 1.807) is 7.11 Å². The summed E-state index contributed by atoms with van der Waals surface area (Å²) in [5.74, 6) is 0.912. The van der Waals surface area contributed by atoms with E-state index < -0.39 is 0 Å².